The summed E-state index contributed by atoms with van der Waals surface area (Å²) in [4.78, 5) is 37.9. The van der Waals surface area contributed by atoms with E-state index < -0.39 is 31.0 Å². The number of pyridine rings is 1. The van der Waals surface area contributed by atoms with Gasteiger partial charge in [0, 0.05) is 6.20 Å². The van der Waals surface area contributed by atoms with E-state index in [0.717, 1.165) is 10.5 Å². The number of aliphatic carboxylic acids is 1. The quantitative estimate of drug-likeness (QED) is 0.680. The molecule has 1 rings (SSSR count). The Morgan fingerprint density at radius 1 is 1.42 bits per heavy atom. The van der Waals surface area contributed by atoms with Crippen LogP contribution in [0.2, 0.25) is 0 Å². The zero-order valence-corrected chi connectivity index (χ0v) is 10.3. The van der Waals surface area contributed by atoms with E-state index in [1.807, 2.05) is 0 Å². The number of urea groups is 1. The molecule has 3 amide bonds. The number of aryl methyl sites for hydroxylation is 1. The number of aromatic nitrogens is 1. The van der Waals surface area contributed by atoms with Gasteiger partial charge in [0.05, 0.1) is 11.9 Å². The van der Waals surface area contributed by atoms with Gasteiger partial charge in [-0.2, -0.15) is 0 Å². The molecule has 0 aliphatic rings. The number of hydrogen-bond donors (Lipinski definition) is 3. The Kier molecular flexibility index (Phi) is 4.81. The molecule has 1 aromatic rings. The molecule has 0 aromatic carbocycles. The van der Waals surface area contributed by atoms with Crippen molar-refractivity contribution in [2.24, 2.45) is 5.73 Å². The number of carboxylic acid groups (broad SMARTS) is 1. The van der Waals surface area contributed by atoms with Crippen LogP contribution in [0.3, 0.4) is 0 Å². The van der Waals surface area contributed by atoms with Gasteiger partial charge in [0.1, 0.15) is 13.1 Å². The van der Waals surface area contributed by atoms with Crippen LogP contribution in [0.1, 0.15) is 5.56 Å². The van der Waals surface area contributed by atoms with Crippen LogP contribution in [0.25, 0.3) is 0 Å². The van der Waals surface area contributed by atoms with Gasteiger partial charge in [0.2, 0.25) is 5.91 Å². The summed E-state index contributed by atoms with van der Waals surface area (Å²) in [6.07, 6.45) is 2.99. The topological polar surface area (TPSA) is 126 Å². The molecule has 102 valence electrons. The smallest absolute Gasteiger partial charge is 0.323 e. The highest BCUT2D eigenvalue weighted by Gasteiger charge is 2.19. The van der Waals surface area contributed by atoms with Crippen LogP contribution in [0, 0.1) is 6.92 Å². The predicted octanol–water partition coefficient (Wildman–Crippen LogP) is -0.206. The van der Waals surface area contributed by atoms with Crippen molar-refractivity contribution in [1.29, 1.82) is 0 Å². The number of nitrogens with zero attached hydrogens (tertiary/aromatic N) is 2. The molecule has 0 atom stereocenters. The average Bonchev–Trinajstić information content (AvgIpc) is 2.30. The minimum absolute atomic E-state index is 0.437. The number of rotatable bonds is 5. The number of nitrogens with one attached hydrogen (secondary N) is 1. The number of carboxylic acids is 1. The van der Waals surface area contributed by atoms with Gasteiger partial charge in [0.25, 0.3) is 0 Å². The Labute approximate surface area is 109 Å². The molecule has 0 radical (unpaired) electrons. The Bertz CT molecular complexity index is 487. The van der Waals surface area contributed by atoms with E-state index in [9.17, 15) is 14.4 Å². The van der Waals surface area contributed by atoms with Gasteiger partial charge in [-0.15, -0.1) is 0 Å². The Balaban J connectivity index is 2.79. The van der Waals surface area contributed by atoms with Crippen molar-refractivity contribution in [2.75, 3.05) is 18.4 Å². The van der Waals surface area contributed by atoms with Crippen LogP contribution in [0.4, 0.5) is 10.5 Å². The first kappa shape index (κ1) is 14.4. The molecule has 0 spiro atoms. The molecular weight excluding hydrogens is 252 g/mol. The maximum atomic E-state index is 11.9. The zero-order valence-electron chi connectivity index (χ0n) is 10.3. The van der Waals surface area contributed by atoms with Crippen LogP contribution in [-0.2, 0) is 9.59 Å². The van der Waals surface area contributed by atoms with Gasteiger partial charge in [-0.05, 0) is 18.6 Å². The summed E-state index contributed by atoms with van der Waals surface area (Å²) < 4.78 is 0. The minimum atomic E-state index is -1.24. The molecule has 1 heterocycles. The monoisotopic (exact) mass is 266 g/mol. The number of carbonyl (C=O) groups is 3. The molecule has 8 nitrogen and oxygen atoms in total. The third-order valence-electron chi connectivity index (χ3n) is 2.24. The van der Waals surface area contributed by atoms with E-state index in [2.05, 4.69) is 10.3 Å². The molecule has 0 unspecified atom stereocenters. The Morgan fingerprint density at radius 3 is 2.63 bits per heavy atom. The molecule has 4 N–H and O–H groups in total. The van der Waals surface area contributed by atoms with Crippen molar-refractivity contribution in [1.82, 2.24) is 9.88 Å². The summed E-state index contributed by atoms with van der Waals surface area (Å²) in [5.74, 6) is -2.03. The lowest BCUT2D eigenvalue weighted by Crippen LogP contribution is -2.43. The van der Waals surface area contributed by atoms with Crippen molar-refractivity contribution in [3.63, 3.8) is 0 Å². The van der Waals surface area contributed by atoms with E-state index >= 15 is 0 Å². The molecule has 19 heavy (non-hydrogen) atoms. The fourth-order valence-corrected chi connectivity index (χ4v) is 1.34. The second kappa shape index (κ2) is 6.34. The summed E-state index contributed by atoms with van der Waals surface area (Å²) >= 11 is 0. The van der Waals surface area contributed by atoms with Gasteiger partial charge in [-0.3, -0.25) is 14.6 Å². The van der Waals surface area contributed by atoms with E-state index in [0.29, 0.717) is 5.69 Å². The molecule has 8 heteroatoms. The second-order valence-corrected chi connectivity index (χ2v) is 3.84. The highest BCUT2D eigenvalue weighted by Crippen LogP contribution is 2.12. The lowest BCUT2D eigenvalue weighted by molar-refractivity contribution is -0.137. The molecule has 0 aliphatic heterocycles. The van der Waals surface area contributed by atoms with E-state index in [1.54, 1.807) is 19.2 Å². The molecule has 0 saturated carbocycles. The van der Waals surface area contributed by atoms with Crippen LogP contribution < -0.4 is 11.1 Å². The minimum Gasteiger partial charge on any atom is -0.480 e. The van der Waals surface area contributed by atoms with E-state index in [1.165, 1.54) is 6.20 Å². The third kappa shape index (κ3) is 4.62. The van der Waals surface area contributed by atoms with Crippen LogP contribution in [0.5, 0.6) is 0 Å². The fourth-order valence-electron chi connectivity index (χ4n) is 1.34. The van der Waals surface area contributed by atoms with E-state index in [-0.39, 0.29) is 0 Å². The summed E-state index contributed by atoms with van der Waals surface area (Å²) in [6.45, 7) is 0.665. The van der Waals surface area contributed by atoms with Gasteiger partial charge in [-0.25, -0.2) is 4.79 Å². The summed E-state index contributed by atoms with van der Waals surface area (Å²) in [7, 11) is 0. The summed E-state index contributed by atoms with van der Waals surface area (Å²) in [6, 6.07) is 0.961. The molecule has 0 saturated heterocycles. The third-order valence-corrected chi connectivity index (χ3v) is 2.24. The first-order valence-corrected chi connectivity index (χ1v) is 5.36. The normalized spacial score (nSPS) is 9.74. The maximum absolute atomic E-state index is 11.9. The number of nitrogens with two attached hydrogens (primary N) is 1. The lowest BCUT2D eigenvalue weighted by atomic mass is 10.2. The van der Waals surface area contributed by atoms with Crippen LogP contribution in [-0.4, -0.2) is 46.0 Å². The van der Waals surface area contributed by atoms with Crippen molar-refractivity contribution in [2.45, 2.75) is 6.92 Å². The first-order chi connectivity index (χ1) is 8.90. The van der Waals surface area contributed by atoms with Crippen molar-refractivity contribution < 1.29 is 19.5 Å². The maximum Gasteiger partial charge on any atom is 0.323 e. The molecule has 0 aliphatic carbocycles. The SMILES string of the molecule is Cc1ccncc1NC(=O)N(CC(N)=O)CC(=O)O. The standard InChI is InChI=1S/C11H14N4O4/c1-7-2-3-13-4-8(7)14-11(19)15(5-9(12)16)6-10(17)18/h2-4H,5-6H2,1H3,(H2,12,16)(H,14,19)(H,17,18). The van der Waals surface area contributed by atoms with Crippen molar-refractivity contribution >= 4 is 23.6 Å². The molecule has 0 bridgehead atoms. The van der Waals surface area contributed by atoms with E-state index in [4.69, 9.17) is 10.8 Å². The van der Waals surface area contributed by atoms with Crippen molar-refractivity contribution in [3.05, 3.63) is 24.0 Å². The largest absolute Gasteiger partial charge is 0.480 e. The number of primary amides is 1. The highest BCUT2D eigenvalue weighted by molar-refractivity contribution is 5.94. The highest BCUT2D eigenvalue weighted by atomic mass is 16.4. The number of hydrogen-bond acceptors (Lipinski definition) is 4. The van der Waals surface area contributed by atoms with Gasteiger partial charge in [0.15, 0.2) is 0 Å². The summed E-state index contributed by atoms with van der Waals surface area (Å²) in [5.41, 5.74) is 6.16. The molecular formula is C11H14N4O4. The number of amides is 3. The molecule has 1 aromatic heterocycles. The molecule has 0 fully saturated rings. The van der Waals surface area contributed by atoms with Crippen LogP contribution >= 0.6 is 0 Å². The van der Waals surface area contributed by atoms with Crippen LogP contribution in [0.15, 0.2) is 18.5 Å². The predicted molar refractivity (Wildman–Crippen MR) is 66.4 cm³/mol. The van der Waals surface area contributed by atoms with Crippen molar-refractivity contribution in [3.8, 4) is 0 Å². The zero-order chi connectivity index (χ0) is 14.4. The first-order valence-electron chi connectivity index (χ1n) is 5.36. The fraction of sp³-hybridized carbons (Fsp3) is 0.273. The number of anilines is 1. The Morgan fingerprint density at radius 2 is 2.11 bits per heavy atom. The average molecular weight is 266 g/mol. The summed E-state index contributed by atoms with van der Waals surface area (Å²) in [5, 5.41) is 11.2. The van der Waals surface area contributed by atoms with Gasteiger partial charge < -0.3 is 21.1 Å². The van der Waals surface area contributed by atoms with Gasteiger partial charge >= 0.3 is 12.0 Å². The number of carbonyl (C=O) groups excluding carboxylic acids is 2. The lowest BCUT2D eigenvalue weighted by Gasteiger charge is -2.19. The van der Waals surface area contributed by atoms with Gasteiger partial charge in [-0.1, -0.05) is 0 Å². The Hall–Kier alpha value is -2.64. The second-order valence-electron chi connectivity index (χ2n) is 3.84.